The fourth-order valence-corrected chi connectivity index (χ4v) is 4.01. The van der Waals surface area contributed by atoms with Crippen molar-refractivity contribution in [1.29, 1.82) is 0 Å². The number of nitrogens with zero attached hydrogens (tertiary/aromatic N) is 3. The molecule has 0 fully saturated rings. The van der Waals surface area contributed by atoms with Gasteiger partial charge in [0.15, 0.2) is 0 Å². The smallest absolute Gasteiger partial charge is 0.361 e. The van der Waals surface area contributed by atoms with Crippen LogP contribution in [0.25, 0.3) is 10.9 Å². The van der Waals surface area contributed by atoms with E-state index >= 15 is 0 Å². The summed E-state index contributed by atoms with van der Waals surface area (Å²) < 4.78 is 62.2. The Kier molecular flexibility index (Phi) is 6.32. The molecule has 2 heterocycles. The molecule has 0 amide bonds. The molecular weight excluding hydrogens is 489 g/mol. The second-order valence-corrected chi connectivity index (χ2v) is 9.07. The standard InChI is InChI=1S/C21H17F3N6O4S/c1-30(34-20(31)21(22,23)24)35(32,33)16-4-2-3-14(10-16)28-18-11-19(27-12-26-18)29-15-5-6-17-13(9-15)7-8-25-17/h2-12,25H,1H3,(H2,26,27,28,29). The van der Waals surface area contributed by atoms with E-state index in [1.54, 1.807) is 6.07 Å². The number of H-pyrrole nitrogens is 1. The minimum atomic E-state index is -5.35. The number of aromatic nitrogens is 3. The Morgan fingerprint density at radius 1 is 1.00 bits per heavy atom. The quantitative estimate of drug-likeness (QED) is 0.320. The van der Waals surface area contributed by atoms with Gasteiger partial charge < -0.3 is 20.5 Å². The molecule has 0 aliphatic rings. The molecule has 14 heteroatoms. The van der Waals surface area contributed by atoms with Gasteiger partial charge in [-0.15, -0.1) is 0 Å². The van der Waals surface area contributed by atoms with E-state index < -0.39 is 27.1 Å². The molecule has 3 N–H and O–H groups in total. The normalized spacial score (nSPS) is 12.0. The number of anilines is 4. The SMILES string of the molecule is CN(OC(=O)C(F)(F)F)S(=O)(=O)c1cccc(Nc2cc(Nc3ccc4[nH]ccc4c3)ncn2)c1. The topological polar surface area (TPSA) is 129 Å². The van der Waals surface area contributed by atoms with Crippen molar-refractivity contribution in [2.45, 2.75) is 11.1 Å². The summed E-state index contributed by atoms with van der Waals surface area (Å²) in [6, 6.07) is 14.4. The summed E-state index contributed by atoms with van der Waals surface area (Å²) in [7, 11) is -3.88. The van der Waals surface area contributed by atoms with Gasteiger partial charge in [0.05, 0.1) is 4.90 Å². The molecule has 0 spiro atoms. The molecule has 4 aromatic rings. The summed E-state index contributed by atoms with van der Waals surface area (Å²) in [6.45, 7) is 0. The molecule has 0 atom stereocenters. The number of fused-ring (bicyclic) bond motifs is 1. The van der Waals surface area contributed by atoms with Gasteiger partial charge in [0.25, 0.3) is 10.0 Å². The van der Waals surface area contributed by atoms with Crippen molar-refractivity contribution in [3.63, 3.8) is 0 Å². The van der Waals surface area contributed by atoms with E-state index in [0.29, 0.717) is 18.7 Å². The van der Waals surface area contributed by atoms with Crippen LogP contribution in [0.15, 0.2) is 72.0 Å². The maximum absolute atomic E-state index is 12.5. The van der Waals surface area contributed by atoms with Crippen molar-refractivity contribution in [2.75, 3.05) is 17.7 Å². The maximum atomic E-state index is 12.5. The fourth-order valence-electron chi connectivity index (χ4n) is 3.02. The Balaban J connectivity index is 1.50. The van der Waals surface area contributed by atoms with Gasteiger partial charge in [0.2, 0.25) is 0 Å². The molecule has 0 bridgehead atoms. The van der Waals surface area contributed by atoms with Crippen LogP contribution in [0.1, 0.15) is 0 Å². The van der Waals surface area contributed by atoms with Crippen LogP contribution >= 0.6 is 0 Å². The Hall–Kier alpha value is -4.17. The van der Waals surface area contributed by atoms with E-state index in [0.717, 1.165) is 28.7 Å². The van der Waals surface area contributed by atoms with E-state index in [-0.39, 0.29) is 10.2 Å². The average molecular weight is 506 g/mol. The highest BCUT2D eigenvalue weighted by Crippen LogP contribution is 2.25. The molecule has 2 aromatic heterocycles. The molecule has 0 aliphatic heterocycles. The molecule has 0 aliphatic carbocycles. The first-order valence-corrected chi connectivity index (χ1v) is 11.3. The van der Waals surface area contributed by atoms with E-state index in [2.05, 4.69) is 30.4 Å². The predicted molar refractivity (Wildman–Crippen MR) is 120 cm³/mol. The summed E-state index contributed by atoms with van der Waals surface area (Å²) in [5.74, 6) is -1.88. The molecule has 182 valence electrons. The van der Waals surface area contributed by atoms with Gasteiger partial charge in [-0.3, -0.25) is 0 Å². The molecule has 4 rings (SSSR count). The van der Waals surface area contributed by atoms with Crippen LogP contribution in [0.2, 0.25) is 0 Å². The number of aromatic amines is 1. The number of hydrogen-bond acceptors (Lipinski definition) is 8. The van der Waals surface area contributed by atoms with Crippen molar-refractivity contribution in [3.8, 4) is 0 Å². The van der Waals surface area contributed by atoms with Crippen molar-refractivity contribution in [2.24, 2.45) is 0 Å². The van der Waals surface area contributed by atoms with Crippen molar-refractivity contribution in [1.82, 2.24) is 19.4 Å². The van der Waals surface area contributed by atoms with Crippen LogP contribution in [0.5, 0.6) is 0 Å². The number of sulfonamides is 1. The van der Waals surface area contributed by atoms with Crippen LogP contribution in [0, 0.1) is 0 Å². The van der Waals surface area contributed by atoms with Crippen molar-refractivity contribution in [3.05, 3.63) is 67.1 Å². The molecule has 0 saturated carbocycles. The maximum Gasteiger partial charge on any atom is 0.492 e. The summed E-state index contributed by atoms with van der Waals surface area (Å²) >= 11 is 0. The second-order valence-electron chi connectivity index (χ2n) is 7.14. The third kappa shape index (κ3) is 5.50. The highest BCUT2D eigenvalue weighted by atomic mass is 32.2. The van der Waals surface area contributed by atoms with Crippen molar-refractivity contribution < 1.29 is 31.2 Å². The lowest BCUT2D eigenvalue weighted by Crippen LogP contribution is -2.36. The third-order valence-electron chi connectivity index (χ3n) is 4.68. The zero-order valence-corrected chi connectivity index (χ0v) is 18.7. The molecular formula is C21H17F3N6O4S. The number of carbonyl (C=O) groups is 1. The van der Waals surface area contributed by atoms with Gasteiger partial charge in [0, 0.05) is 41.6 Å². The number of hydrogen-bond donors (Lipinski definition) is 3. The highest BCUT2D eigenvalue weighted by molar-refractivity contribution is 7.89. The van der Waals surface area contributed by atoms with Crippen molar-refractivity contribution >= 4 is 49.9 Å². The van der Waals surface area contributed by atoms with Crippen LogP contribution in [0.3, 0.4) is 0 Å². The Morgan fingerprint density at radius 3 is 2.37 bits per heavy atom. The Bertz CT molecular complexity index is 1490. The van der Waals surface area contributed by atoms with Crippen LogP contribution in [0.4, 0.5) is 36.2 Å². The molecule has 0 unspecified atom stereocenters. The van der Waals surface area contributed by atoms with Crippen LogP contribution in [-0.2, 0) is 19.7 Å². The van der Waals surface area contributed by atoms with Gasteiger partial charge in [-0.05, 0) is 46.9 Å². The number of halogens is 3. The number of benzene rings is 2. The summed E-state index contributed by atoms with van der Waals surface area (Å²) in [4.78, 5) is 25.8. The highest BCUT2D eigenvalue weighted by Gasteiger charge is 2.43. The largest absolute Gasteiger partial charge is 0.492 e. The lowest BCUT2D eigenvalue weighted by molar-refractivity contribution is -0.219. The predicted octanol–water partition coefficient (Wildman–Crippen LogP) is 4.09. The number of rotatable bonds is 7. The molecule has 35 heavy (non-hydrogen) atoms. The molecule has 0 saturated heterocycles. The molecule has 2 aromatic carbocycles. The van der Waals surface area contributed by atoms with Gasteiger partial charge in [-0.25, -0.2) is 23.2 Å². The zero-order chi connectivity index (χ0) is 25.2. The second kappa shape index (κ2) is 9.23. The number of carbonyl (C=O) groups excluding carboxylic acids is 1. The first-order chi connectivity index (χ1) is 16.5. The summed E-state index contributed by atoms with van der Waals surface area (Å²) in [5.41, 5.74) is 2.03. The summed E-state index contributed by atoms with van der Waals surface area (Å²) in [5, 5.41) is 7.06. The lowest BCUT2D eigenvalue weighted by atomic mass is 10.2. The van der Waals surface area contributed by atoms with Crippen LogP contribution < -0.4 is 10.6 Å². The minimum Gasteiger partial charge on any atom is -0.361 e. The van der Waals surface area contributed by atoms with Gasteiger partial charge in [-0.2, -0.15) is 13.2 Å². The minimum absolute atomic E-state index is 0.143. The lowest BCUT2D eigenvalue weighted by Gasteiger charge is -2.17. The third-order valence-corrected chi connectivity index (χ3v) is 6.28. The van der Waals surface area contributed by atoms with Gasteiger partial charge >= 0.3 is 12.1 Å². The van der Waals surface area contributed by atoms with E-state index in [4.69, 9.17) is 0 Å². The first kappa shape index (κ1) is 24.0. The monoisotopic (exact) mass is 506 g/mol. The number of hydroxylamine groups is 1. The van der Waals surface area contributed by atoms with Crippen LogP contribution in [-0.4, -0.2) is 47.0 Å². The number of nitrogens with one attached hydrogen (secondary N) is 3. The molecule has 0 radical (unpaired) electrons. The zero-order valence-electron chi connectivity index (χ0n) is 17.9. The van der Waals surface area contributed by atoms with E-state index in [9.17, 15) is 26.4 Å². The molecule has 10 nitrogen and oxygen atoms in total. The van der Waals surface area contributed by atoms with Gasteiger partial charge in [-0.1, -0.05) is 6.07 Å². The Labute approximate surface area is 196 Å². The Morgan fingerprint density at radius 2 is 1.69 bits per heavy atom. The van der Waals surface area contributed by atoms with Gasteiger partial charge in [0.1, 0.15) is 18.0 Å². The number of alkyl halides is 3. The average Bonchev–Trinajstić information content (AvgIpc) is 3.27. The van der Waals surface area contributed by atoms with E-state index in [1.807, 2.05) is 30.5 Å². The first-order valence-electron chi connectivity index (χ1n) is 9.84. The van der Waals surface area contributed by atoms with E-state index in [1.165, 1.54) is 18.5 Å². The fraction of sp³-hybridized carbons (Fsp3) is 0.0952. The summed E-state index contributed by atoms with van der Waals surface area (Å²) in [6.07, 6.45) is -2.22.